The number of benzene rings is 1. The summed E-state index contributed by atoms with van der Waals surface area (Å²) in [5.41, 5.74) is 0.833. The molecular formula is C15H13FN2O2. The molecule has 0 saturated heterocycles. The van der Waals surface area contributed by atoms with E-state index in [9.17, 15) is 9.18 Å². The lowest BCUT2D eigenvalue weighted by Gasteiger charge is -2.07. The third-order valence-electron chi connectivity index (χ3n) is 3.46. The summed E-state index contributed by atoms with van der Waals surface area (Å²) in [6.45, 7) is 0. The number of nitrogens with one attached hydrogen (secondary N) is 1. The predicted molar refractivity (Wildman–Crippen MR) is 72.4 cm³/mol. The molecule has 0 spiro atoms. The summed E-state index contributed by atoms with van der Waals surface area (Å²) in [5, 5.41) is 11.9. The minimum atomic E-state index is -1.29. The molecule has 102 valence electrons. The molecule has 1 aliphatic carbocycles. The Labute approximate surface area is 115 Å². The maximum absolute atomic E-state index is 13.9. The van der Waals surface area contributed by atoms with E-state index in [1.165, 1.54) is 11.8 Å². The van der Waals surface area contributed by atoms with Crippen LogP contribution in [0.4, 0.5) is 10.2 Å². The molecule has 2 unspecified atom stereocenters. The number of hydrogen-bond acceptors (Lipinski definition) is 3. The van der Waals surface area contributed by atoms with Gasteiger partial charge in [-0.2, -0.15) is 0 Å². The first-order chi connectivity index (χ1) is 9.66. The number of halogens is 1. The van der Waals surface area contributed by atoms with E-state index < -0.39 is 11.8 Å². The smallest absolute Gasteiger partial charge is 0.338 e. The summed E-state index contributed by atoms with van der Waals surface area (Å²) in [6, 6.07) is 11.2. The van der Waals surface area contributed by atoms with Crippen molar-refractivity contribution in [3.8, 4) is 0 Å². The number of rotatable bonds is 4. The minimum Gasteiger partial charge on any atom is -0.478 e. The molecule has 1 saturated carbocycles. The van der Waals surface area contributed by atoms with Gasteiger partial charge in [0.15, 0.2) is 11.6 Å². The SMILES string of the molecule is O=C(O)c1ccnc(NC2CC2c2ccccc2)c1F. The van der Waals surface area contributed by atoms with E-state index in [4.69, 9.17) is 5.11 Å². The van der Waals surface area contributed by atoms with E-state index in [0.717, 1.165) is 12.5 Å². The van der Waals surface area contributed by atoms with Crippen molar-refractivity contribution in [2.24, 2.45) is 0 Å². The second-order valence-electron chi connectivity index (χ2n) is 4.83. The molecule has 0 bridgehead atoms. The molecule has 1 aliphatic rings. The number of carboxylic acids is 1. The summed E-state index contributed by atoms with van der Waals surface area (Å²) < 4.78 is 13.9. The fraction of sp³-hybridized carbons (Fsp3) is 0.200. The van der Waals surface area contributed by atoms with Gasteiger partial charge < -0.3 is 10.4 Å². The molecule has 1 fully saturated rings. The minimum absolute atomic E-state index is 0.00771. The van der Waals surface area contributed by atoms with Crippen LogP contribution < -0.4 is 5.32 Å². The molecule has 1 heterocycles. The number of hydrogen-bond donors (Lipinski definition) is 2. The Balaban J connectivity index is 1.75. The summed E-state index contributed by atoms with van der Waals surface area (Å²) in [6.07, 6.45) is 2.19. The Morgan fingerprint density at radius 3 is 2.75 bits per heavy atom. The van der Waals surface area contributed by atoms with Gasteiger partial charge in [0.1, 0.15) is 5.56 Å². The number of pyridine rings is 1. The highest BCUT2D eigenvalue weighted by Gasteiger charge is 2.39. The lowest BCUT2D eigenvalue weighted by atomic mass is 10.1. The van der Waals surface area contributed by atoms with Gasteiger partial charge in [0.2, 0.25) is 0 Å². The maximum atomic E-state index is 13.9. The fourth-order valence-electron chi connectivity index (χ4n) is 2.31. The second kappa shape index (κ2) is 4.92. The molecular weight excluding hydrogens is 259 g/mol. The van der Waals surface area contributed by atoms with Crippen LogP contribution in [0.25, 0.3) is 0 Å². The Morgan fingerprint density at radius 2 is 2.05 bits per heavy atom. The molecule has 2 atom stereocenters. The molecule has 0 aliphatic heterocycles. The van der Waals surface area contributed by atoms with Crippen LogP contribution in [0, 0.1) is 5.82 Å². The number of anilines is 1. The van der Waals surface area contributed by atoms with E-state index in [0.29, 0.717) is 5.92 Å². The quantitative estimate of drug-likeness (QED) is 0.898. The Bertz CT molecular complexity index is 646. The highest BCUT2D eigenvalue weighted by molar-refractivity contribution is 5.88. The van der Waals surface area contributed by atoms with Crippen molar-refractivity contribution in [1.29, 1.82) is 0 Å². The van der Waals surface area contributed by atoms with E-state index >= 15 is 0 Å². The van der Waals surface area contributed by atoms with Gasteiger partial charge in [0, 0.05) is 18.2 Å². The topological polar surface area (TPSA) is 62.2 Å². The molecule has 0 radical (unpaired) electrons. The van der Waals surface area contributed by atoms with Crippen LogP contribution in [0.5, 0.6) is 0 Å². The largest absolute Gasteiger partial charge is 0.478 e. The average Bonchev–Trinajstić information content (AvgIpc) is 3.21. The Morgan fingerprint density at radius 1 is 1.30 bits per heavy atom. The van der Waals surface area contributed by atoms with Gasteiger partial charge in [-0.15, -0.1) is 0 Å². The Kier molecular flexibility index (Phi) is 3.10. The third kappa shape index (κ3) is 2.34. The summed E-state index contributed by atoms with van der Waals surface area (Å²) in [4.78, 5) is 14.7. The molecule has 5 heteroatoms. The first-order valence-electron chi connectivity index (χ1n) is 6.36. The number of aromatic carboxylic acids is 1. The predicted octanol–water partition coefficient (Wildman–Crippen LogP) is 2.89. The Hall–Kier alpha value is -2.43. The van der Waals surface area contributed by atoms with E-state index in [1.54, 1.807) is 0 Å². The van der Waals surface area contributed by atoms with Gasteiger partial charge in [-0.3, -0.25) is 0 Å². The van der Waals surface area contributed by atoms with Gasteiger partial charge in [0.05, 0.1) is 0 Å². The van der Waals surface area contributed by atoms with Gasteiger partial charge in [-0.1, -0.05) is 30.3 Å². The van der Waals surface area contributed by atoms with Crippen molar-refractivity contribution in [2.75, 3.05) is 5.32 Å². The summed E-state index contributed by atoms with van der Waals surface area (Å²) >= 11 is 0. The molecule has 2 N–H and O–H groups in total. The van der Waals surface area contributed by atoms with Crippen LogP contribution in [0.2, 0.25) is 0 Å². The zero-order valence-electron chi connectivity index (χ0n) is 10.6. The first kappa shape index (κ1) is 12.6. The molecule has 20 heavy (non-hydrogen) atoms. The third-order valence-corrected chi connectivity index (χ3v) is 3.46. The second-order valence-corrected chi connectivity index (χ2v) is 4.83. The van der Waals surface area contributed by atoms with Crippen LogP contribution in [0.3, 0.4) is 0 Å². The van der Waals surface area contributed by atoms with Crippen molar-refractivity contribution < 1.29 is 14.3 Å². The lowest BCUT2D eigenvalue weighted by molar-refractivity contribution is 0.0692. The zero-order chi connectivity index (χ0) is 14.1. The van der Waals surface area contributed by atoms with E-state index in [1.807, 2.05) is 30.3 Å². The number of carbonyl (C=O) groups is 1. The summed E-state index contributed by atoms with van der Waals surface area (Å²) in [5.74, 6) is -1.76. The molecule has 4 nitrogen and oxygen atoms in total. The van der Waals surface area contributed by atoms with Gasteiger partial charge in [-0.05, 0) is 18.1 Å². The van der Waals surface area contributed by atoms with Crippen LogP contribution in [0.1, 0.15) is 28.3 Å². The summed E-state index contributed by atoms with van der Waals surface area (Å²) in [7, 11) is 0. The van der Waals surface area contributed by atoms with Crippen molar-refractivity contribution in [1.82, 2.24) is 4.98 Å². The normalized spacial score (nSPS) is 20.4. The number of carboxylic acid groups (broad SMARTS) is 1. The van der Waals surface area contributed by atoms with Gasteiger partial charge >= 0.3 is 5.97 Å². The number of nitrogens with zero attached hydrogens (tertiary/aromatic N) is 1. The van der Waals surface area contributed by atoms with Crippen molar-refractivity contribution in [3.63, 3.8) is 0 Å². The molecule has 2 aromatic rings. The zero-order valence-corrected chi connectivity index (χ0v) is 10.6. The molecule has 1 aromatic carbocycles. The monoisotopic (exact) mass is 272 g/mol. The van der Waals surface area contributed by atoms with Crippen molar-refractivity contribution in [3.05, 3.63) is 59.5 Å². The fourth-order valence-corrected chi connectivity index (χ4v) is 2.31. The van der Waals surface area contributed by atoms with Crippen LogP contribution in [-0.2, 0) is 0 Å². The maximum Gasteiger partial charge on any atom is 0.338 e. The van der Waals surface area contributed by atoms with Crippen molar-refractivity contribution in [2.45, 2.75) is 18.4 Å². The van der Waals surface area contributed by atoms with E-state index in [-0.39, 0.29) is 17.4 Å². The van der Waals surface area contributed by atoms with Crippen LogP contribution in [0.15, 0.2) is 42.6 Å². The highest BCUT2D eigenvalue weighted by atomic mass is 19.1. The first-order valence-corrected chi connectivity index (χ1v) is 6.36. The number of aromatic nitrogens is 1. The van der Waals surface area contributed by atoms with E-state index in [2.05, 4.69) is 10.3 Å². The molecule has 1 aromatic heterocycles. The molecule has 3 rings (SSSR count). The highest BCUT2D eigenvalue weighted by Crippen LogP contribution is 2.42. The molecule has 0 amide bonds. The van der Waals surface area contributed by atoms with Crippen LogP contribution >= 0.6 is 0 Å². The average molecular weight is 272 g/mol. The lowest BCUT2D eigenvalue weighted by Crippen LogP contribution is -2.11. The van der Waals surface area contributed by atoms with Gasteiger partial charge in [-0.25, -0.2) is 14.2 Å². The standard InChI is InChI=1S/C15H13FN2O2/c16-13-10(15(19)20)6-7-17-14(13)18-12-8-11(12)9-4-2-1-3-5-9/h1-7,11-12H,8H2,(H,17,18)(H,19,20). The van der Waals surface area contributed by atoms with Crippen LogP contribution in [-0.4, -0.2) is 22.1 Å². The van der Waals surface area contributed by atoms with Gasteiger partial charge in [0.25, 0.3) is 0 Å². The van der Waals surface area contributed by atoms with Crippen molar-refractivity contribution >= 4 is 11.8 Å².